The van der Waals surface area contributed by atoms with Crippen molar-refractivity contribution in [1.29, 1.82) is 0 Å². The highest BCUT2D eigenvalue weighted by Crippen LogP contribution is 2.15. The first kappa shape index (κ1) is 17.2. The van der Waals surface area contributed by atoms with Crippen LogP contribution in [0.2, 0.25) is 0 Å². The molecule has 2 N–H and O–H groups in total. The minimum atomic E-state index is -0.154. The molecule has 0 aliphatic carbocycles. The van der Waals surface area contributed by atoms with E-state index in [0.29, 0.717) is 13.0 Å². The Labute approximate surface area is 137 Å². The number of benzene rings is 2. The predicted octanol–water partition coefficient (Wildman–Crippen LogP) is 2.36. The molecular formula is C19H24N2O2. The van der Waals surface area contributed by atoms with Gasteiger partial charge in [-0.25, -0.2) is 0 Å². The monoisotopic (exact) mass is 312 g/mol. The van der Waals surface area contributed by atoms with Crippen molar-refractivity contribution < 1.29 is 9.90 Å². The first-order valence-electron chi connectivity index (χ1n) is 7.86. The number of aliphatic hydroxyl groups excluding tert-OH is 1. The third kappa shape index (κ3) is 5.85. The van der Waals surface area contributed by atoms with Gasteiger partial charge in [0.2, 0.25) is 5.91 Å². The van der Waals surface area contributed by atoms with Crippen molar-refractivity contribution in [2.75, 3.05) is 20.2 Å². The lowest BCUT2D eigenvalue weighted by atomic mass is 10.0. The Balaban J connectivity index is 1.89. The van der Waals surface area contributed by atoms with E-state index in [1.165, 1.54) is 5.56 Å². The van der Waals surface area contributed by atoms with Crippen LogP contribution in [-0.4, -0.2) is 36.1 Å². The molecule has 0 saturated carbocycles. The topological polar surface area (TPSA) is 52.6 Å². The lowest BCUT2D eigenvalue weighted by molar-refractivity contribution is -0.122. The summed E-state index contributed by atoms with van der Waals surface area (Å²) in [4.78, 5) is 14.2. The van der Waals surface area contributed by atoms with Gasteiger partial charge >= 0.3 is 0 Å². The molecule has 0 fully saturated rings. The van der Waals surface area contributed by atoms with Crippen molar-refractivity contribution in [3.63, 3.8) is 0 Å². The Morgan fingerprint density at radius 2 is 1.70 bits per heavy atom. The molecule has 2 rings (SSSR count). The average Bonchev–Trinajstić information content (AvgIpc) is 2.56. The van der Waals surface area contributed by atoms with Crippen molar-refractivity contribution in [2.24, 2.45) is 0 Å². The van der Waals surface area contributed by atoms with Gasteiger partial charge in [-0.2, -0.15) is 0 Å². The van der Waals surface area contributed by atoms with Gasteiger partial charge in [0.05, 0.1) is 12.6 Å². The molecule has 0 saturated heterocycles. The molecule has 1 amide bonds. The van der Waals surface area contributed by atoms with Crippen LogP contribution >= 0.6 is 0 Å². The molecule has 1 atom stereocenters. The quantitative estimate of drug-likeness (QED) is 0.787. The third-order valence-electron chi connectivity index (χ3n) is 3.66. The largest absolute Gasteiger partial charge is 0.396 e. The highest BCUT2D eigenvalue weighted by atomic mass is 16.3. The second kappa shape index (κ2) is 9.08. The molecule has 2 aromatic carbocycles. The number of likely N-dealkylation sites (N-methyl/N-ethyl adjacent to an activating group) is 1. The van der Waals surface area contributed by atoms with Gasteiger partial charge in [0.1, 0.15) is 0 Å². The number of amides is 1. The van der Waals surface area contributed by atoms with E-state index in [9.17, 15) is 9.90 Å². The van der Waals surface area contributed by atoms with E-state index in [2.05, 4.69) is 5.32 Å². The maximum absolute atomic E-state index is 12.3. The molecule has 4 heteroatoms. The van der Waals surface area contributed by atoms with E-state index in [0.717, 1.165) is 12.1 Å². The number of nitrogens with one attached hydrogen (secondary N) is 1. The lowest BCUT2D eigenvalue weighted by Crippen LogP contribution is -2.37. The molecule has 0 spiro atoms. The van der Waals surface area contributed by atoms with E-state index >= 15 is 0 Å². The van der Waals surface area contributed by atoms with E-state index in [-0.39, 0.29) is 18.6 Å². The van der Waals surface area contributed by atoms with Crippen LogP contribution in [0, 0.1) is 0 Å². The molecule has 0 heterocycles. The molecule has 1 unspecified atom stereocenters. The first-order chi connectivity index (χ1) is 11.2. The lowest BCUT2D eigenvalue weighted by Gasteiger charge is -2.21. The maximum Gasteiger partial charge on any atom is 0.234 e. The van der Waals surface area contributed by atoms with E-state index < -0.39 is 0 Å². The summed E-state index contributed by atoms with van der Waals surface area (Å²) in [5.74, 6) is -0.0364. The van der Waals surface area contributed by atoms with E-state index in [1.807, 2.05) is 72.6 Å². The molecule has 0 radical (unpaired) electrons. The summed E-state index contributed by atoms with van der Waals surface area (Å²) in [6, 6.07) is 19.7. The molecule has 4 nitrogen and oxygen atoms in total. The first-order valence-corrected chi connectivity index (χ1v) is 7.86. The fourth-order valence-electron chi connectivity index (χ4n) is 2.57. The fourth-order valence-corrected chi connectivity index (χ4v) is 2.57. The Hall–Kier alpha value is -2.17. The highest BCUT2D eigenvalue weighted by molar-refractivity contribution is 5.78. The van der Waals surface area contributed by atoms with Crippen LogP contribution in [0.1, 0.15) is 23.6 Å². The van der Waals surface area contributed by atoms with Crippen molar-refractivity contribution in [1.82, 2.24) is 10.2 Å². The number of nitrogens with zero attached hydrogens (tertiary/aromatic N) is 1. The zero-order valence-electron chi connectivity index (χ0n) is 13.5. The van der Waals surface area contributed by atoms with Gasteiger partial charge in [0.15, 0.2) is 0 Å². The van der Waals surface area contributed by atoms with Gasteiger partial charge in [0, 0.05) is 13.2 Å². The molecule has 23 heavy (non-hydrogen) atoms. The van der Waals surface area contributed by atoms with Gasteiger partial charge in [-0.1, -0.05) is 60.7 Å². The van der Waals surface area contributed by atoms with E-state index in [1.54, 1.807) is 0 Å². The SMILES string of the molecule is CN(CC(=O)NC(CCO)c1ccccc1)Cc1ccccc1. The summed E-state index contributed by atoms with van der Waals surface area (Å²) >= 11 is 0. The van der Waals surface area contributed by atoms with Gasteiger partial charge in [0.25, 0.3) is 0 Å². The van der Waals surface area contributed by atoms with Crippen molar-refractivity contribution in [3.05, 3.63) is 71.8 Å². The second-order valence-electron chi connectivity index (χ2n) is 5.70. The van der Waals surface area contributed by atoms with Crippen LogP contribution in [-0.2, 0) is 11.3 Å². The van der Waals surface area contributed by atoms with Crippen molar-refractivity contribution in [2.45, 2.75) is 19.0 Å². The standard InChI is InChI=1S/C19H24N2O2/c1-21(14-16-8-4-2-5-9-16)15-19(23)20-18(12-13-22)17-10-6-3-7-11-17/h2-11,18,22H,12-15H2,1H3,(H,20,23). The van der Waals surface area contributed by atoms with Crippen LogP contribution in [0.25, 0.3) is 0 Å². The molecule has 2 aromatic rings. The van der Waals surface area contributed by atoms with Gasteiger partial charge < -0.3 is 10.4 Å². The summed E-state index contributed by atoms with van der Waals surface area (Å²) in [6.07, 6.45) is 0.512. The molecule has 0 aliphatic heterocycles. The summed E-state index contributed by atoms with van der Waals surface area (Å²) in [5, 5.41) is 12.2. The Kier molecular flexibility index (Phi) is 6.78. The second-order valence-corrected chi connectivity index (χ2v) is 5.70. The van der Waals surface area contributed by atoms with Crippen molar-refractivity contribution >= 4 is 5.91 Å². The van der Waals surface area contributed by atoms with Crippen LogP contribution < -0.4 is 5.32 Å². The van der Waals surface area contributed by atoms with Crippen LogP contribution in [0.5, 0.6) is 0 Å². The van der Waals surface area contributed by atoms with Gasteiger partial charge in [-0.3, -0.25) is 9.69 Å². The summed E-state index contributed by atoms with van der Waals surface area (Å²) in [7, 11) is 1.93. The zero-order chi connectivity index (χ0) is 16.5. The summed E-state index contributed by atoms with van der Waals surface area (Å²) in [6.45, 7) is 1.09. The number of carbonyl (C=O) groups is 1. The van der Waals surface area contributed by atoms with Crippen molar-refractivity contribution in [3.8, 4) is 0 Å². The minimum absolute atomic E-state index is 0.0364. The minimum Gasteiger partial charge on any atom is -0.396 e. The maximum atomic E-state index is 12.3. The Morgan fingerprint density at radius 1 is 1.09 bits per heavy atom. The van der Waals surface area contributed by atoms with Crippen LogP contribution in [0.4, 0.5) is 0 Å². The zero-order valence-corrected chi connectivity index (χ0v) is 13.5. The fraction of sp³-hybridized carbons (Fsp3) is 0.316. The number of rotatable bonds is 8. The van der Waals surface area contributed by atoms with Gasteiger partial charge in [-0.15, -0.1) is 0 Å². The number of carbonyl (C=O) groups excluding carboxylic acids is 1. The van der Waals surface area contributed by atoms with Gasteiger partial charge in [-0.05, 0) is 24.6 Å². The molecule has 122 valence electrons. The highest BCUT2D eigenvalue weighted by Gasteiger charge is 2.15. The normalized spacial score (nSPS) is 12.1. The Morgan fingerprint density at radius 3 is 2.30 bits per heavy atom. The molecular weight excluding hydrogens is 288 g/mol. The third-order valence-corrected chi connectivity index (χ3v) is 3.66. The molecule has 0 aromatic heterocycles. The number of hydrogen-bond donors (Lipinski definition) is 2. The predicted molar refractivity (Wildman–Crippen MR) is 91.8 cm³/mol. The van der Waals surface area contributed by atoms with E-state index in [4.69, 9.17) is 0 Å². The number of hydrogen-bond acceptors (Lipinski definition) is 3. The smallest absolute Gasteiger partial charge is 0.234 e. The molecule has 0 aliphatic rings. The average molecular weight is 312 g/mol. The number of aliphatic hydroxyl groups is 1. The Bertz CT molecular complexity index is 587. The summed E-state index contributed by atoms with van der Waals surface area (Å²) in [5.41, 5.74) is 2.19. The van der Waals surface area contributed by atoms with Crippen LogP contribution in [0.3, 0.4) is 0 Å². The summed E-state index contributed by atoms with van der Waals surface area (Å²) < 4.78 is 0. The molecule has 0 bridgehead atoms. The van der Waals surface area contributed by atoms with Crippen LogP contribution in [0.15, 0.2) is 60.7 Å².